The van der Waals surface area contributed by atoms with Crippen molar-refractivity contribution in [2.45, 2.75) is 25.6 Å². The molecule has 0 spiro atoms. The van der Waals surface area contributed by atoms with Crippen LogP contribution in [0, 0.1) is 0 Å². The first-order valence-corrected chi connectivity index (χ1v) is 10.7. The Labute approximate surface area is 187 Å². The molecule has 0 radical (unpaired) electrons. The lowest BCUT2D eigenvalue weighted by molar-refractivity contribution is -0.134. The minimum Gasteiger partial charge on any atom is -0.457 e. The molecular formula is C25H26N4O3. The third kappa shape index (κ3) is 5.92. The quantitative estimate of drug-likeness (QED) is 0.574. The number of piperazine rings is 1. The summed E-state index contributed by atoms with van der Waals surface area (Å²) in [5, 5.41) is 5.77. The molecule has 32 heavy (non-hydrogen) atoms. The molecule has 0 unspecified atom stereocenters. The molecule has 3 aromatic rings. The van der Waals surface area contributed by atoms with Gasteiger partial charge in [-0.1, -0.05) is 30.3 Å². The van der Waals surface area contributed by atoms with Crippen molar-refractivity contribution >= 4 is 11.8 Å². The van der Waals surface area contributed by atoms with Gasteiger partial charge in [0.15, 0.2) is 0 Å². The van der Waals surface area contributed by atoms with Crippen molar-refractivity contribution in [1.82, 2.24) is 20.5 Å². The van der Waals surface area contributed by atoms with Crippen molar-refractivity contribution in [3.05, 3.63) is 90.3 Å². The lowest BCUT2D eigenvalue weighted by atomic mass is 10.1. The largest absolute Gasteiger partial charge is 0.457 e. The van der Waals surface area contributed by atoms with Gasteiger partial charge in [-0.25, -0.2) is 0 Å². The zero-order valence-corrected chi connectivity index (χ0v) is 17.7. The highest BCUT2D eigenvalue weighted by Gasteiger charge is 2.31. The standard InChI is InChI=1S/C25H26N4O3/c30-24(28-17-19-9-11-26-12-10-19)16-23-25(31)27-13-14-29(23)18-20-5-4-8-22(15-20)32-21-6-2-1-3-7-21/h1-12,15,23H,13-14,16-18H2,(H,27,31)(H,28,30)/t23-/m0/s1. The highest BCUT2D eigenvalue weighted by Crippen LogP contribution is 2.23. The minimum absolute atomic E-state index is 0.108. The van der Waals surface area contributed by atoms with Gasteiger partial charge in [0.05, 0.1) is 12.5 Å². The molecule has 1 aliphatic heterocycles. The van der Waals surface area contributed by atoms with Crippen LogP contribution in [0.25, 0.3) is 0 Å². The Morgan fingerprint density at radius 3 is 2.62 bits per heavy atom. The topological polar surface area (TPSA) is 83.6 Å². The number of carbonyl (C=O) groups is 2. The van der Waals surface area contributed by atoms with Crippen LogP contribution < -0.4 is 15.4 Å². The van der Waals surface area contributed by atoms with Gasteiger partial charge < -0.3 is 15.4 Å². The van der Waals surface area contributed by atoms with Gasteiger partial charge in [0.1, 0.15) is 11.5 Å². The van der Waals surface area contributed by atoms with Crippen LogP contribution in [-0.2, 0) is 22.7 Å². The number of para-hydroxylation sites is 1. The number of hydrogen-bond acceptors (Lipinski definition) is 5. The molecule has 2 aromatic carbocycles. The summed E-state index contributed by atoms with van der Waals surface area (Å²) in [6.45, 7) is 2.21. The lowest BCUT2D eigenvalue weighted by Crippen LogP contribution is -2.56. The van der Waals surface area contributed by atoms with E-state index in [1.165, 1.54) is 0 Å². The zero-order chi connectivity index (χ0) is 22.2. The maximum absolute atomic E-state index is 12.5. The number of amides is 2. The SMILES string of the molecule is O=C(C[C@H]1C(=O)NCCN1Cc1cccc(Oc2ccccc2)c1)NCc1ccncc1. The average molecular weight is 431 g/mol. The van der Waals surface area contributed by atoms with E-state index in [4.69, 9.17) is 4.74 Å². The number of carbonyl (C=O) groups excluding carboxylic acids is 2. The van der Waals surface area contributed by atoms with Crippen LogP contribution in [-0.4, -0.2) is 40.8 Å². The summed E-state index contributed by atoms with van der Waals surface area (Å²) in [6, 6.07) is 20.6. The van der Waals surface area contributed by atoms with Gasteiger partial charge >= 0.3 is 0 Å². The van der Waals surface area contributed by atoms with Crippen LogP contribution in [0.2, 0.25) is 0 Å². The van der Waals surface area contributed by atoms with E-state index in [2.05, 4.69) is 15.6 Å². The number of rotatable bonds is 8. The molecular weight excluding hydrogens is 404 g/mol. The Balaban J connectivity index is 1.38. The van der Waals surface area contributed by atoms with Crippen LogP contribution in [0.5, 0.6) is 11.5 Å². The molecule has 164 valence electrons. The summed E-state index contributed by atoms with van der Waals surface area (Å²) >= 11 is 0. The van der Waals surface area contributed by atoms with E-state index < -0.39 is 6.04 Å². The lowest BCUT2D eigenvalue weighted by Gasteiger charge is -2.34. The molecule has 1 atom stereocenters. The Morgan fingerprint density at radius 1 is 1.03 bits per heavy atom. The van der Waals surface area contributed by atoms with Gasteiger partial charge in [-0.15, -0.1) is 0 Å². The molecule has 2 amide bonds. The number of hydrogen-bond donors (Lipinski definition) is 2. The summed E-state index contributed by atoms with van der Waals surface area (Å²) < 4.78 is 5.93. The zero-order valence-electron chi connectivity index (χ0n) is 17.7. The van der Waals surface area contributed by atoms with E-state index >= 15 is 0 Å². The van der Waals surface area contributed by atoms with Crippen molar-refractivity contribution in [1.29, 1.82) is 0 Å². The highest BCUT2D eigenvalue weighted by molar-refractivity contribution is 5.88. The number of aromatic nitrogens is 1. The van der Waals surface area contributed by atoms with Gasteiger partial charge in [-0.3, -0.25) is 19.5 Å². The first-order valence-electron chi connectivity index (χ1n) is 10.7. The van der Waals surface area contributed by atoms with Gasteiger partial charge in [-0.05, 0) is 47.5 Å². The minimum atomic E-state index is -0.514. The highest BCUT2D eigenvalue weighted by atomic mass is 16.5. The van der Waals surface area contributed by atoms with Crippen molar-refractivity contribution in [3.63, 3.8) is 0 Å². The molecule has 0 aliphatic carbocycles. The summed E-state index contributed by atoms with van der Waals surface area (Å²) in [6.07, 6.45) is 3.48. The Hall–Kier alpha value is -3.71. The molecule has 2 heterocycles. The second kappa shape index (κ2) is 10.5. The Bertz CT molecular complexity index is 1040. The van der Waals surface area contributed by atoms with Gasteiger partial charge in [0, 0.05) is 38.6 Å². The third-order valence-corrected chi connectivity index (χ3v) is 5.32. The fraction of sp³-hybridized carbons (Fsp3) is 0.240. The Kier molecular flexibility index (Phi) is 7.09. The number of ether oxygens (including phenoxy) is 1. The normalized spacial score (nSPS) is 16.2. The van der Waals surface area contributed by atoms with Gasteiger partial charge in [0.2, 0.25) is 11.8 Å². The van der Waals surface area contributed by atoms with E-state index in [1.54, 1.807) is 12.4 Å². The molecule has 1 fully saturated rings. The molecule has 4 rings (SSSR count). The van der Waals surface area contributed by atoms with E-state index in [0.29, 0.717) is 26.2 Å². The van der Waals surface area contributed by atoms with Crippen LogP contribution in [0.4, 0.5) is 0 Å². The monoisotopic (exact) mass is 430 g/mol. The first kappa shape index (κ1) is 21.5. The van der Waals surface area contributed by atoms with Gasteiger partial charge in [0.25, 0.3) is 0 Å². The van der Waals surface area contributed by atoms with Crippen molar-refractivity contribution < 1.29 is 14.3 Å². The molecule has 0 bridgehead atoms. The number of nitrogens with zero attached hydrogens (tertiary/aromatic N) is 2. The van der Waals surface area contributed by atoms with Crippen LogP contribution in [0.15, 0.2) is 79.1 Å². The van der Waals surface area contributed by atoms with E-state index in [1.807, 2.05) is 71.6 Å². The molecule has 7 heteroatoms. The van der Waals surface area contributed by atoms with E-state index in [0.717, 1.165) is 22.6 Å². The molecule has 7 nitrogen and oxygen atoms in total. The maximum Gasteiger partial charge on any atom is 0.237 e. The number of pyridine rings is 1. The van der Waals surface area contributed by atoms with E-state index in [-0.39, 0.29) is 18.2 Å². The molecule has 2 N–H and O–H groups in total. The summed E-state index contributed by atoms with van der Waals surface area (Å²) in [5.74, 6) is 1.23. The second-order valence-electron chi connectivity index (χ2n) is 7.68. The summed E-state index contributed by atoms with van der Waals surface area (Å²) in [4.78, 5) is 31.1. The maximum atomic E-state index is 12.5. The Morgan fingerprint density at radius 2 is 1.81 bits per heavy atom. The van der Waals surface area contributed by atoms with Crippen molar-refractivity contribution in [2.75, 3.05) is 13.1 Å². The third-order valence-electron chi connectivity index (χ3n) is 5.32. The fourth-order valence-electron chi connectivity index (χ4n) is 3.69. The van der Waals surface area contributed by atoms with Gasteiger partial charge in [-0.2, -0.15) is 0 Å². The molecule has 0 saturated carbocycles. The predicted octanol–water partition coefficient (Wildman–Crippen LogP) is 2.88. The smallest absolute Gasteiger partial charge is 0.237 e. The average Bonchev–Trinajstić information content (AvgIpc) is 2.82. The molecule has 1 saturated heterocycles. The number of nitrogens with one attached hydrogen (secondary N) is 2. The molecule has 1 aliphatic rings. The fourth-order valence-corrected chi connectivity index (χ4v) is 3.69. The first-order chi connectivity index (χ1) is 15.7. The summed E-state index contributed by atoms with van der Waals surface area (Å²) in [5.41, 5.74) is 1.99. The van der Waals surface area contributed by atoms with Crippen LogP contribution in [0.1, 0.15) is 17.5 Å². The van der Waals surface area contributed by atoms with E-state index in [9.17, 15) is 9.59 Å². The van der Waals surface area contributed by atoms with Crippen LogP contribution in [0.3, 0.4) is 0 Å². The predicted molar refractivity (Wildman–Crippen MR) is 121 cm³/mol. The van der Waals surface area contributed by atoms with Crippen molar-refractivity contribution in [3.8, 4) is 11.5 Å². The number of benzene rings is 2. The van der Waals surface area contributed by atoms with Crippen molar-refractivity contribution in [2.24, 2.45) is 0 Å². The van der Waals surface area contributed by atoms with Crippen LogP contribution >= 0.6 is 0 Å². The second-order valence-corrected chi connectivity index (χ2v) is 7.68. The summed E-state index contributed by atoms with van der Waals surface area (Å²) in [7, 11) is 0. The molecule has 1 aromatic heterocycles.